The first-order valence-corrected chi connectivity index (χ1v) is 8.45. The largest absolute Gasteiger partial charge is 0.368 e. The van der Waals surface area contributed by atoms with Crippen LogP contribution in [-0.4, -0.2) is 49.7 Å². The van der Waals surface area contributed by atoms with Gasteiger partial charge in [0.25, 0.3) is 5.89 Å². The summed E-state index contributed by atoms with van der Waals surface area (Å²) in [7, 11) is 0. The number of hydrogen-bond acceptors (Lipinski definition) is 6. The summed E-state index contributed by atoms with van der Waals surface area (Å²) < 4.78 is 12.9. The fraction of sp³-hybridized carbons (Fsp3) is 0.625. The van der Waals surface area contributed by atoms with Gasteiger partial charge in [-0.1, -0.05) is 5.16 Å². The number of nitrogens with zero attached hydrogens (tertiary/aromatic N) is 5. The zero-order valence-corrected chi connectivity index (χ0v) is 13.5. The molecule has 2 fully saturated rings. The Morgan fingerprint density at radius 3 is 2.83 bits per heavy atom. The molecule has 0 unspecified atom stereocenters. The van der Waals surface area contributed by atoms with Gasteiger partial charge in [0.1, 0.15) is 13.2 Å². The zero-order valence-electron chi connectivity index (χ0n) is 13.5. The third kappa shape index (κ3) is 3.64. The van der Waals surface area contributed by atoms with Gasteiger partial charge in [0, 0.05) is 31.4 Å². The topological polar surface area (TPSA) is 86.3 Å². The first-order chi connectivity index (χ1) is 11.8. The van der Waals surface area contributed by atoms with Gasteiger partial charge in [-0.25, -0.2) is 4.98 Å². The lowest BCUT2D eigenvalue weighted by molar-refractivity contribution is -0.134. The van der Waals surface area contributed by atoms with Crippen LogP contribution < -0.4 is 0 Å². The van der Waals surface area contributed by atoms with Crippen LogP contribution in [0.15, 0.2) is 23.2 Å². The van der Waals surface area contributed by atoms with Gasteiger partial charge in [-0.15, -0.1) is 0 Å². The molecule has 0 spiro atoms. The van der Waals surface area contributed by atoms with Crippen molar-refractivity contribution >= 4 is 5.91 Å². The molecule has 8 heteroatoms. The van der Waals surface area contributed by atoms with Crippen molar-refractivity contribution < 1.29 is 14.1 Å². The molecule has 2 aromatic heterocycles. The molecule has 0 aromatic carbocycles. The van der Waals surface area contributed by atoms with Crippen LogP contribution >= 0.6 is 0 Å². The Kier molecular flexibility index (Phi) is 4.29. The zero-order chi connectivity index (χ0) is 16.4. The third-order valence-corrected chi connectivity index (χ3v) is 4.54. The number of aromatic nitrogens is 4. The molecule has 2 aromatic rings. The van der Waals surface area contributed by atoms with E-state index in [4.69, 9.17) is 9.26 Å². The maximum absolute atomic E-state index is 12.2. The number of carbonyl (C=O) groups is 1. The van der Waals surface area contributed by atoms with E-state index in [1.165, 1.54) is 0 Å². The smallest absolute Gasteiger partial charge is 0.252 e. The van der Waals surface area contributed by atoms with Crippen LogP contribution in [0.25, 0.3) is 0 Å². The molecule has 0 N–H and O–H groups in total. The summed E-state index contributed by atoms with van der Waals surface area (Å²) in [4.78, 5) is 22.4. The van der Waals surface area contributed by atoms with Gasteiger partial charge in [0.05, 0.1) is 12.4 Å². The van der Waals surface area contributed by atoms with E-state index in [9.17, 15) is 4.79 Å². The molecular formula is C16H21N5O3. The normalized spacial score (nSPS) is 18.9. The van der Waals surface area contributed by atoms with Crippen molar-refractivity contribution in [3.05, 3.63) is 30.4 Å². The second kappa shape index (κ2) is 6.72. The average molecular weight is 331 g/mol. The lowest BCUT2D eigenvalue weighted by atomic mass is 10.1. The van der Waals surface area contributed by atoms with E-state index in [-0.39, 0.29) is 12.0 Å². The number of ether oxygens (including phenoxy) is 1. The second-order valence-electron chi connectivity index (χ2n) is 6.45. The first-order valence-electron chi connectivity index (χ1n) is 8.45. The van der Waals surface area contributed by atoms with Crippen molar-refractivity contribution in [3.8, 4) is 0 Å². The summed E-state index contributed by atoms with van der Waals surface area (Å²) >= 11 is 0. The number of imidazole rings is 1. The minimum atomic E-state index is 0.123. The van der Waals surface area contributed by atoms with E-state index in [0.29, 0.717) is 25.0 Å². The molecule has 3 heterocycles. The highest BCUT2D eigenvalue weighted by Crippen LogP contribution is 2.38. The molecule has 1 aliphatic carbocycles. The maximum Gasteiger partial charge on any atom is 0.252 e. The van der Waals surface area contributed by atoms with Crippen LogP contribution in [0.4, 0.5) is 0 Å². The Bertz CT molecular complexity index is 672. The Balaban J connectivity index is 1.20. The Morgan fingerprint density at radius 1 is 1.29 bits per heavy atom. The van der Waals surface area contributed by atoms with Crippen molar-refractivity contribution in [1.29, 1.82) is 0 Å². The summed E-state index contributed by atoms with van der Waals surface area (Å²) in [6, 6.07) is 0. The number of likely N-dealkylation sites (tertiary alicyclic amines) is 1. The predicted molar refractivity (Wildman–Crippen MR) is 82.9 cm³/mol. The summed E-state index contributed by atoms with van der Waals surface area (Å²) in [5, 5.41) is 3.99. The van der Waals surface area contributed by atoms with E-state index in [0.717, 1.165) is 44.6 Å². The van der Waals surface area contributed by atoms with Crippen molar-refractivity contribution in [3.63, 3.8) is 0 Å². The summed E-state index contributed by atoms with van der Waals surface area (Å²) in [6.07, 6.45) is 9.26. The van der Waals surface area contributed by atoms with Gasteiger partial charge >= 0.3 is 0 Å². The number of hydrogen-bond donors (Lipinski definition) is 0. The van der Waals surface area contributed by atoms with Crippen molar-refractivity contribution in [2.24, 2.45) is 0 Å². The van der Waals surface area contributed by atoms with Gasteiger partial charge in [-0.3, -0.25) is 4.79 Å². The molecule has 2 aliphatic rings. The molecule has 8 nitrogen and oxygen atoms in total. The Morgan fingerprint density at radius 2 is 2.12 bits per heavy atom. The fourth-order valence-electron chi connectivity index (χ4n) is 2.93. The molecule has 1 amide bonds. The van der Waals surface area contributed by atoms with Crippen molar-refractivity contribution in [1.82, 2.24) is 24.6 Å². The van der Waals surface area contributed by atoms with E-state index >= 15 is 0 Å². The highest BCUT2D eigenvalue weighted by Gasteiger charge is 2.29. The fourth-order valence-corrected chi connectivity index (χ4v) is 2.93. The summed E-state index contributed by atoms with van der Waals surface area (Å²) in [5.74, 6) is 1.98. The number of rotatable bonds is 6. The molecule has 4 rings (SSSR count). The molecule has 128 valence electrons. The second-order valence-corrected chi connectivity index (χ2v) is 6.45. The van der Waals surface area contributed by atoms with Gasteiger partial charge in [0.15, 0.2) is 5.82 Å². The number of carbonyl (C=O) groups excluding carboxylic acids is 1. The predicted octanol–water partition coefficient (Wildman–Crippen LogP) is 1.35. The van der Waals surface area contributed by atoms with Crippen LogP contribution in [-0.2, 0) is 22.7 Å². The van der Waals surface area contributed by atoms with Gasteiger partial charge in [0.2, 0.25) is 5.91 Å². The quantitative estimate of drug-likeness (QED) is 0.794. The van der Waals surface area contributed by atoms with Gasteiger partial charge in [-0.05, 0) is 25.7 Å². The van der Waals surface area contributed by atoms with E-state index in [1.54, 1.807) is 23.3 Å². The first kappa shape index (κ1) is 15.3. The highest BCUT2D eigenvalue weighted by atomic mass is 16.5. The molecule has 0 atom stereocenters. The van der Waals surface area contributed by atoms with Crippen LogP contribution in [0.2, 0.25) is 0 Å². The maximum atomic E-state index is 12.2. The number of piperidine rings is 1. The van der Waals surface area contributed by atoms with E-state index in [2.05, 4.69) is 15.1 Å². The standard InChI is InChI=1S/C16H21N5O3/c22-15(9-20-8-5-17-11-20)21-6-3-13(4-7-21)23-10-14-18-16(19-24-14)12-1-2-12/h5,8,11-13H,1-4,6-7,9-10H2. The van der Waals surface area contributed by atoms with Crippen LogP contribution in [0, 0.1) is 0 Å². The summed E-state index contributed by atoms with van der Waals surface area (Å²) in [6.45, 7) is 2.13. The average Bonchev–Trinajstić information content (AvgIpc) is 3.13. The van der Waals surface area contributed by atoms with E-state index < -0.39 is 0 Å². The van der Waals surface area contributed by atoms with Crippen LogP contribution in [0.5, 0.6) is 0 Å². The lowest BCUT2D eigenvalue weighted by Crippen LogP contribution is -2.42. The third-order valence-electron chi connectivity index (χ3n) is 4.54. The SMILES string of the molecule is O=C(Cn1ccnc1)N1CCC(OCc2nc(C3CC3)no2)CC1. The van der Waals surface area contributed by atoms with E-state index in [1.807, 2.05) is 4.90 Å². The molecule has 0 bridgehead atoms. The molecule has 24 heavy (non-hydrogen) atoms. The molecule has 1 saturated heterocycles. The van der Waals surface area contributed by atoms with Gasteiger partial charge in [-0.2, -0.15) is 4.98 Å². The molecule has 1 aliphatic heterocycles. The monoisotopic (exact) mass is 331 g/mol. The molecular weight excluding hydrogens is 310 g/mol. The summed E-state index contributed by atoms with van der Waals surface area (Å²) in [5.41, 5.74) is 0. The van der Waals surface area contributed by atoms with Crippen molar-refractivity contribution in [2.75, 3.05) is 13.1 Å². The Hall–Kier alpha value is -2.22. The lowest BCUT2D eigenvalue weighted by Gasteiger charge is -2.31. The van der Waals surface area contributed by atoms with Crippen molar-refractivity contribution in [2.45, 2.75) is 50.9 Å². The minimum absolute atomic E-state index is 0.123. The Labute approximate surface area is 139 Å². The molecule has 1 saturated carbocycles. The van der Waals surface area contributed by atoms with Crippen LogP contribution in [0.1, 0.15) is 43.3 Å². The highest BCUT2D eigenvalue weighted by molar-refractivity contribution is 5.76. The molecule has 0 radical (unpaired) electrons. The minimum Gasteiger partial charge on any atom is -0.368 e. The van der Waals surface area contributed by atoms with Gasteiger partial charge < -0.3 is 18.7 Å². The number of amides is 1. The van der Waals surface area contributed by atoms with Crippen LogP contribution in [0.3, 0.4) is 0 Å².